The lowest BCUT2D eigenvalue weighted by molar-refractivity contribution is -0.119. The van der Waals surface area contributed by atoms with Gasteiger partial charge in [-0.1, -0.05) is 13.0 Å². The van der Waals surface area contributed by atoms with Gasteiger partial charge < -0.3 is 10.5 Å². The second-order valence-electron chi connectivity index (χ2n) is 3.74. The van der Waals surface area contributed by atoms with Gasteiger partial charge in [-0.2, -0.15) is 0 Å². The number of benzene rings is 1. The molecule has 2 N–H and O–H groups in total. The number of halogens is 1. The first kappa shape index (κ1) is 13.4. The summed E-state index contributed by atoms with van der Waals surface area (Å²) in [6, 6.07) is 4.75. The van der Waals surface area contributed by atoms with E-state index in [0.29, 0.717) is 13.1 Å². The SMILES string of the molecule is CCN(CC(N)=O)Cc1ccc(OC)c(F)c1. The summed E-state index contributed by atoms with van der Waals surface area (Å²) in [4.78, 5) is 12.6. The molecule has 5 heteroatoms. The number of rotatable bonds is 6. The lowest BCUT2D eigenvalue weighted by Crippen LogP contribution is -2.33. The number of hydrogen-bond donors (Lipinski definition) is 1. The number of likely N-dealkylation sites (N-methyl/N-ethyl adjacent to an activating group) is 1. The number of methoxy groups -OCH3 is 1. The molecule has 0 unspecified atom stereocenters. The van der Waals surface area contributed by atoms with Gasteiger partial charge in [-0.3, -0.25) is 9.69 Å². The van der Waals surface area contributed by atoms with Gasteiger partial charge in [0.1, 0.15) is 0 Å². The summed E-state index contributed by atoms with van der Waals surface area (Å²) < 4.78 is 18.3. The van der Waals surface area contributed by atoms with Gasteiger partial charge in [0.2, 0.25) is 5.91 Å². The van der Waals surface area contributed by atoms with Gasteiger partial charge in [0, 0.05) is 6.54 Å². The van der Waals surface area contributed by atoms with Crippen LogP contribution in [-0.4, -0.2) is 31.0 Å². The first-order valence-electron chi connectivity index (χ1n) is 5.40. The van der Waals surface area contributed by atoms with E-state index >= 15 is 0 Å². The Hall–Kier alpha value is -1.62. The Morgan fingerprint density at radius 1 is 1.53 bits per heavy atom. The monoisotopic (exact) mass is 240 g/mol. The van der Waals surface area contributed by atoms with E-state index in [2.05, 4.69) is 0 Å². The molecule has 1 aromatic rings. The molecule has 0 aliphatic carbocycles. The highest BCUT2D eigenvalue weighted by molar-refractivity contribution is 5.75. The number of carbonyl (C=O) groups excluding carboxylic acids is 1. The van der Waals surface area contributed by atoms with E-state index in [0.717, 1.165) is 5.56 Å². The molecule has 0 spiro atoms. The molecular formula is C12H17FN2O2. The highest BCUT2D eigenvalue weighted by Crippen LogP contribution is 2.18. The molecule has 0 aromatic heterocycles. The van der Waals surface area contributed by atoms with E-state index in [9.17, 15) is 9.18 Å². The quantitative estimate of drug-likeness (QED) is 0.811. The zero-order valence-corrected chi connectivity index (χ0v) is 10.1. The normalized spacial score (nSPS) is 10.6. The molecule has 0 saturated heterocycles. The molecule has 0 atom stereocenters. The molecule has 0 fully saturated rings. The fourth-order valence-corrected chi connectivity index (χ4v) is 1.57. The van der Waals surface area contributed by atoms with Gasteiger partial charge in [0.25, 0.3) is 0 Å². The van der Waals surface area contributed by atoms with E-state index < -0.39 is 5.82 Å². The minimum atomic E-state index is -0.403. The van der Waals surface area contributed by atoms with Crippen molar-refractivity contribution in [2.75, 3.05) is 20.2 Å². The zero-order valence-electron chi connectivity index (χ0n) is 10.1. The predicted octanol–water partition coefficient (Wildman–Crippen LogP) is 1.14. The maximum absolute atomic E-state index is 13.4. The topological polar surface area (TPSA) is 55.6 Å². The van der Waals surface area contributed by atoms with Gasteiger partial charge in [-0.15, -0.1) is 0 Å². The summed E-state index contributed by atoms with van der Waals surface area (Å²) in [6.45, 7) is 3.25. The smallest absolute Gasteiger partial charge is 0.231 e. The Morgan fingerprint density at radius 2 is 2.24 bits per heavy atom. The Kier molecular flexibility index (Phi) is 4.90. The highest BCUT2D eigenvalue weighted by atomic mass is 19.1. The summed E-state index contributed by atoms with van der Waals surface area (Å²) in [7, 11) is 1.42. The predicted molar refractivity (Wildman–Crippen MR) is 63.1 cm³/mol. The van der Waals surface area contributed by atoms with Gasteiger partial charge in [0.05, 0.1) is 13.7 Å². The van der Waals surface area contributed by atoms with Crippen molar-refractivity contribution in [1.29, 1.82) is 0 Å². The molecule has 4 nitrogen and oxygen atoms in total. The number of ether oxygens (including phenoxy) is 1. The molecule has 0 bridgehead atoms. The van der Waals surface area contributed by atoms with Crippen LogP contribution in [0.5, 0.6) is 5.75 Å². The summed E-state index contributed by atoms with van der Waals surface area (Å²) in [5.41, 5.74) is 5.91. The Morgan fingerprint density at radius 3 is 2.71 bits per heavy atom. The van der Waals surface area contributed by atoms with Crippen LogP contribution in [0.1, 0.15) is 12.5 Å². The number of nitrogens with zero attached hydrogens (tertiary/aromatic N) is 1. The van der Waals surface area contributed by atoms with Gasteiger partial charge in [0.15, 0.2) is 11.6 Å². The number of amides is 1. The van der Waals surface area contributed by atoms with Crippen LogP contribution in [0.25, 0.3) is 0 Å². The minimum Gasteiger partial charge on any atom is -0.494 e. The summed E-state index contributed by atoms with van der Waals surface area (Å²) in [6.07, 6.45) is 0. The number of primary amides is 1. The second kappa shape index (κ2) is 6.20. The number of hydrogen-bond acceptors (Lipinski definition) is 3. The fourth-order valence-electron chi connectivity index (χ4n) is 1.57. The van der Waals surface area contributed by atoms with Crippen LogP contribution in [0.15, 0.2) is 18.2 Å². The minimum absolute atomic E-state index is 0.171. The zero-order chi connectivity index (χ0) is 12.8. The molecule has 0 radical (unpaired) electrons. The molecule has 0 aliphatic heterocycles. The van der Waals surface area contributed by atoms with E-state index in [1.807, 2.05) is 11.8 Å². The maximum atomic E-state index is 13.4. The van der Waals surface area contributed by atoms with Crippen molar-refractivity contribution in [3.63, 3.8) is 0 Å². The molecular weight excluding hydrogens is 223 g/mol. The third kappa shape index (κ3) is 4.03. The van der Waals surface area contributed by atoms with Crippen molar-refractivity contribution in [2.24, 2.45) is 5.73 Å². The van der Waals surface area contributed by atoms with Gasteiger partial charge in [-0.25, -0.2) is 4.39 Å². The number of nitrogens with two attached hydrogens (primary N) is 1. The van der Waals surface area contributed by atoms with E-state index in [1.54, 1.807) is 12.1 Å². The average Bonchev–Trinajstić information content (AvgIpc) is 2.27. The molecule has 94 valence electrons. The Bertz CT molecular complexity index is 396. The maximum Gasteiger partial charge on any atom is 0.231 e. The van der Waals surface area contributed by atoms with Crippen LogP contribution < -0.4 is 10.5 Å². The van der Waals surface area contributed by atoms with E-state index in [1.165, 1.54) is 13.2 Å². The molecule has 1 aromatic carbocycles. The van der Waals surface area contributed by atoms with Crippen LogP contribution in [0.2, 0.25) is 0 Å². The number of carbonyl (C=O) groups is 1. The third-order valence-electron chi connectivity index (χ3n) is 2.45. The van der Waals surface area contributed by atoms with Crippen molar-refractivity contribution in [1.82, 2.24) is 4.90 Å². The molecule has 17 heavy (non-hydrogen) atoms. The summed E-state index contributed by atoms with van der Waals surface area (Å²) in [5.74, 6) is -0.576. The van der Waals surface area contributed by atoms with Crippen LogP contribution >= 0.6 is 0 Å². The lowest BCUT2D eigenvalue weighted by Gasteiger charge is -2.18. The van der Waals surface area contributed by atoms with Crippen LogP contribution in [0.3, 0.4) is 0 Å². The Balaban J connectivity index is 2.73. The third-order valence-corrected chi connectivity index (χ3v) is 2.45. The van der Waals surface area contributed by atoms with Crippen molar-refractivity contribution < 1.29 is 13.9 Å². The first-order valence-corrected chi connectivity index (χ1v) is 5.40. The summed E-state index contributed by atoms with van der Waals surface area (Å²) >= 11 is 0. The standard InChI is InChI=1S/C12H17FN2O2/c1-3-15(8-12(14)16)7-9-4-5-11(17-2)10(13)6-9/h4-6H,3,7-8H2,1-2H3,(H2,14,16). The van der Waals surface area contributed by atoms with Crippen molar-refractivity contribution in [3.05, 3.63) is 29.6 Å². The molecule has 1 amide bonds. The van der Waals surface area contributed by atoms with Crippen LogP contribution in [0.4, 0.5) is 4.39 Å². The van der Waals surface area contributed by atoms with Crippen LogP contribution in [0, 0.1) is 5.82 Å². The van der Waals surface area contributed by atoms with Gasteiger partial charge >= 0.3 is 0 Å². The van der Waals surface area contributed by atoms with Crippen molar-refractivity contribution in [3.8, 4) is 5.75 Å². The highest BCUT2D eigenvalue weighted by Gasteiger charge is 2.09. The molecule has 1 rings (SSSR count). The first-order chi connectivity index (χ1) is 8.06. The van der Waals surface area contributed by atoms with E-state index in [4.69, 9.17) is 10.5 Å². The molecule has 0 heterocycles. The largest absolute Gasteiger partial charge is 0.494 e. The summed E-state index contributed by atoms with van der Waals surface area (Å²) in [5, 5.41) is 0. The molecule has 0 saturated carbocycles. The van der Waals surface area contributed by atoms with Gasteiger partial charge in [-0.05, 0) is 24.2 Å². The lowest BCUT2D eigenvalue weighted by atomic mass is 10.2. The van der Waals surface area contributed by atoms with Crippen molar-refractivity contribution >= 4 is 5.91 Å². The second-order valence-corrected chi connectivity index (χ2v) is 3.74. The van der Waals surface area contributed by atoms with E-state index in [-0.39, 0.29) is 18.2 Å². The molecule has 0 aliphatic rings. The van der Waals surface area contributed by atoms with Crippen LogP contribution in [-0.2, 0) is 11.3 Å². The Labute approximate surface area is 100 Å². The fraction of sp³-hybridized carbons (Fsp3) is 0.417. The van der Waals surface area contributed by atoms with Crippen molar-refractivity contribution in [2.45, 2.75) is 13.5 Å². The average molecular weight is 240 g/mol.